The molecule has 0 spiro atoms. The number of nitrogens with one attached hydrogen (secondary N) is 1. The molecule has 1 N–H and O–H groups in total. The first-order valence-corrected chi connectivity index (χ1v) is 7.79. The number of hydrogen-bond acceptors (Lipinski definition) is 2. The number of nitrogens with zero attached hydrogens (tertiary/aromatic N) is 1. The van der Waals surface area contributed by atoms with Gasteiger partial charge in [0.1, 0.15) is 0 Å². The average Bonchev–Trinajstić information content (AvgIpc) is 2.76. The highest BCUT2D eigenvalue weighted by Gasteiger charge is 2.30. The van der Waals surface area contributed by atoms with Crippen LogP contribution in [0.25, 0.3) is 0 Å². The van der Waals surface area contributed by atoms with Gasteiger partial charge in [-0.05, 0) is 57.6 Å². The van der Waals surface area contributed by atoms with Crippen molar-refractivity contribution in [1.82, 2.24) is 10.4 Å². The molecule has 0 saturated carbocycles. The van der Waals surface area contributed by atoms with Crippen LogP contribution in [0.2, 0.25) is 0 Å². The molecular formula is C17H26N2. The van der Waals surface area contributed by atoms with E-state index in [4.69, 9.17) is 0 Å². The second-order valence-electron chi connectivity index (χ2n) is 6.46. The van der Waals surface area contributed by atoms with Gasteiger partial charge in [-0.15, -0.1) is 0 Å². The summed E-state index contributed by atoms with van der Waals surface area (Å²) in [4.78, 5) is 0. The molecule has 1 fully saturated rings. The molecule has 1 aliphatic carbocycles. The molecule has 104 valence electrons. The largest absolute Gasteiger partial charge is 0.247 e. The van der Waals surface area contributed by atoms with Crippen LogP contribution in [-0.4, -0.2) is 17.1 Å². The predicted molar refractivity (Wildman–Crippen MR) is 80.0 cm³/mol. The van der Waals surface area contributed by atoms with Crippen molar-refractivity contribution in [3.05, 3.63) is 34.9 Å². The molecule has 3 atom stereocenters. The Morgan fingerprint density at radius 3 is 2.58 bits per heavy atom. The van der Waals surface area contributed by atoms with Crippen LogP contribution < -0.4 is 5.43 Å². The molecule has 1 aromatic rings. The SMILES string of the molecule is Cc1ccc2c(c1)C(NN1C(C)CCCC1C)CC2. The Morgan fingerprint density at radius 1 is 1.11 bits per heavy atom. The summed E-state index contributed by atoms with van der Waals surface area (Å²) in [6.45, 7) is 6.91. The smallest absolute Gasteiger partial charge is 0.0470 e. The number of fused-ring (bicyclic) bond motifs is 1. The normalized spacial score (nSPS) is 31.4. The summed E-state index contributed by atoms with van der Waals surface area (Å²) in [5.41, 5.74) is 8.29. The van der Waals surface area contributed by atoms with Crippen LogP contribution in [0, 0.1) is 6.92 Å². The van der Waals surface area contributed by atoms with Gasteiger partial charge in [0.2, 0.25) is 0 Å². The predicted octanol–water partition coefficient (Wildman–Crippen LogP) is 3.75. The van der Waals surface area contributed by atoms with Crippen molar-refractivity contribution < 1.29 is 0 Å². The van der Waals surface area contributed by atoms with E-state index in [-0.39, 0.29) is 0 Å². The molecule has 2 nitrogen and oxygen atoms in total. The molecule has 0 amide bonds. The zero-order valence-corrected chi connectivity index (χ0v) is 12.4. The Balaban J connectivity index is 1.77. The van der Waals surface area contributed by atoms with Crippen molar-refractivity contribution in [3.8, 4) is 0 Å². The van der Waals surface area contributed by atoms with Gasteiger partial charge >= 0.3 is 0 Å². The van der Waals surface area contributed by atoms with E-state index in [1.807, 2.05) is 0 Å². The van der Waals surface area contributed by atoms with Crippen molar-refractivity contribution in [1.29, 1.82) is 0 Å². The molecule has 2 heteroatoms. The van der Waals surface area contributed by atoms with Crippen LogP contribution in [0.15, 0.2) is 18.2 Å². The molecule has 0 radical (unpaired) electrons. The maximum Gasteiger partial charge on any atom is 0.0470 e. The Morgan fingerprint density at radius 2 is 1.84 bits per heavy atom. The third kappa shape index (κ3) is 2.56. The molecule has 19 heavy (non-hydrogen) atoms. The highest BCUT2D eigenvalue weighted by Crippen LogP contribution is 2.33. The molecule has 1 saturated heterocycles. The standard InChI is InChI=1S/C17H26N2/c1-12-7-8-15-9-10-17(16(15)11-12)18-19-13(2)5-4-6-14(19)3/h7-8,11,13-14,17-18H,4-6,9-10H2,1-3H3. The summed E-state index contributed by atoms with van der Waals surface area (Å²) in [6.07, 6.45) is 6.49. The first-order valence-electron chi connectivity index (χ1n) is 7.79. The van der Waals surface area contributed by atoms with Crippen LogP contribution in [0.4, 0.5) is 0 Å². The van der Waals surface area contributed by atoms with Gasteiger partial charge < -0.3 is 0 Å². The molecular weight excluding hydrogens is 232 g/mol. The topological polar surface area (TPSA) is 15.3 Å². The Kier molecular flexibility index (Phi) is 3.64. The summed E-state index contributed by atoms with van der Waals surface area (Å²) in [6, 6.07) is 8.79. The Labute approximate surface area is 117 Å². The van der Waals surface area contributed by atoms with Gasteiger partial charge in [0.15, 0.2) is 0 Å². The van der Waals surface area contributed by atoms with Crippen molar-refractivity contribution in [2.24, 2.45) is 0 Å². The number of hydrogen-bond donors (Lipinski definition) is 1. The molecule has 0 aromatic heterocycles. The van der Waals surface area contributed by atoms with Crippen LogP contribution in [-0.2, 0) is 6.42 Å². The maximum atomic E-state index is 3.83. The summed E-state index contributed by atoms with van der Waals surface area (Å²) >= 11 is 0. The van der Waals surface area contributed by atoms with Crippen LogP contribution in [0.5, 0.6) is 0 Å². The van der Waals surface area contributed by atoms with E-state index >= 15 is 0 Å². The highest BCUT2D eigenvalue weighted by molar-refractivity contribution is 5.37. The zero-order valence-electron chi connectivity index (χ0n) is 12.4. The Hall–Kier alpha value is -0.860. The lowest BCUT2D eigenvalue weighted by molar-refractivity contribution is 0.0293. The Bertz CT molecular complexity index is 445. The van der Waals surface area contributed by atoms with Crippen LogP contribution in [0.3, 0.4) is 0 Å². The van der Waals surface area contributed by atoms with Gasteiger partial charge in [-0.3, -0.25) is 0 Å². The fraction of sp³-hybridized carbons (Fsp3) is 0.647. The molecule has 2 aliphatic rings. The van der Waals surface area contributed by atoms with Crippen molar-refractivity contribution in [2.75, 3.05) is 0 Å². The number of rotatable bonds is 2. The van der Waals surface area contributed by atoms with Crippen LogP contribution >= 0.6 is 0 Å². The highest BCUT2D eigenvalue weighted by atomic mass is 15.5. The summed E-state index contributed by atoms with van der Waals surface area (Å²) in [5, 5.41) is 2.52. The monoisotopic (exact) mass is 258 g/mol. The van der Waals surface area contributed by atoms with Crippen molar-refractivity contribution in [2.45, 2.75) is 71.0 Å². The molecule has 1 heterocycles. The lowest BCUT2D eigenvalue weighted by Crippen LogP contribution is -2.52. The second kappa shape index (κ2) is 5.26. The fourth-order valence-corrected chi connectivity index (χ4v) is 3.71. The number of hydrazine groups is 1. The number of piperidine rings is 1. The molecule has 3 rings (SSSR count). The third-order valence-electron chi connectivity index (χ3n) is 4.88. The van der Waals surface area contributed by atoms with E-state index in [1.165, 1.54) is 43.2 Å². The van der Waals surface area contributed by atoms with Crippen molar-refractivity contribution in [3.63, 3.8) is 0 Å². The minimum Gasteiger partial charge on any atom is -0.247 e. The van der Waals surface area contributed by atoms with Gasteiger partial charge in [0.25, 0.3) is 0 Å². The molecule has 1 aliphatic heterocycles. The maximum absolute atomic E-state index is 3.83. The summed E-state index contributed by atoms with van der Waals surface area (Å²) in [5.74, 6) is 0. The lowest BCUT2D eigenvalue weighted by Gasteiger charge is -2.41. The molecule has 0 bridgehead atoms. The molecule has 1 aromatic carbocycles. The number of aryl methyl sites for hydroxylation is 2. The van der Waals surface area contributed by atoms with Gasteiger partial charge in [-0.2, -0.15) is 0 Å². The van der Waals surface area contributed by atoms with E-state index in [9.17, 15) is 0 Å². The van der Waals surface area contributed by atoms with Crippen LogP contribution in [0.1, 0.15) is 62.3 Å². The third-order valence-corrected chi connectivity index (χ3v) is 4.88. The van der Waals surface area contributed by atoms with Gasteiger partial charge in [0, 0.05) is 18.1 Å². The summed E-state index contributed by atoms with van der Waals surface area (Å²) in [7, 11) is 0. The molecule has 3 unspecified atom stereocenters. The first-order chi connectivity index (χ1) is 9.15. The van der Waals surface area contributed by atoms with E-state index in [1.54, 1.807) is 5.56 Å². The van der Waals surface area contributed by atoms with Gasteiger partial charge in [0.05, 0.1) is 0 Å². The fourth-order valence-electron chi connectivity index (χ4n) is 3.71. The van der Waals surface area contributed by atoms with E-state index in [0.717, 1.165) is 0 Å². The quantitative estimate of drug-likeness (QED) is 0.869. The lowest BCUT2D eigenvalue weighted by atomic mass is 9.99. The minimum absolute atomic E-state index is 0.526. The zero-order chi connectivity index (χ0) is 13.4. The van der Waals surface area contributed by atoms with Crippen molar-refractivity contribution >= 4 is 0 Å². The number of benzene rings is 1. The van der Waals surface area contributed by atoms with Gasteiger partial charge in [-0.25, -0.2) is 10.4 Å². The van der Waals surface area contributed by atoms with Gasteiger partial charge in [-0.1, -0.05) is 30.2 Å². The second-order valence-corrected chi connectivity index (χ2v) is 6.46. The van der Waals surface area contributed by atoms with E-state index < -0.39 is 0 Å². The first kappa shape index (κ1) is 13.1. The summed E-state index contributed by atoms with van der Waals surface area (Å²) < 4.78 is 0. The average molecular weight is 258 g/mol. The van der Waals surface area contributed by atoms with E-state index in [2.05, 4.69) is 49.4 Å². The van der Waals surface area contributed by atoms with E-state index in [0.29, 0.717) is 18.1 Å². The minimum atomic E-state index is 0.526.